The Bertz CT molecular complexity index is 500. The summed E-state index contributed by atoms with van der Waals surface area (Å²) in [7, 11) is 0. The molecule has 1 unspecified atom stereocenters. The maximum atomic E-state index is 13.5. The number of morpholine rings is 1. The second-order valence-electron chi connectivity index (χ2n) is 4.13. The number of aliphatic hydroxyl groups is 1. The predicted molar refractivity (Wildman–Crippen MR) is 67.1 cm³/mol. The molecule has 1 heterocycles. The zero-order chi connectivity index (χ0) is 14.0. The van der Waals surface area contributed by atoms with Crippen LogP contribution in [0.4, 0.5) is 15.8 Å². The highest BCUT2D eigenvalue weighted by Crippen LogP contribution is 2.33. The molecule has 0 spiro atoms. The topological polar surface area (TPSA) is 75.8 Å². The third-order valence-electron chi connectivity index (χ3n) is 2.90. The van der Waals surface area contributed by atoms with E-state index in [2.05, 4.69) is 0 Å². The van der Waals surface area contributed by atoms with Gasteiger partial charge in [-0.1, -0.05) is 11.6 Å². The van der Waals surface area contributed by atoms with Gasteiger partial charge in [-0.2, -0.15) is 0 Å². The van der Waals surface area contributed by atoms with Crippen LogP contribution in [0.25, 0.3) is 0 Å². The number of hydrogen-bond acceptors (Lipinski definition) is 5. The number of nitro groups is 1. The minimum atomic E-state index is -0.714. The van der Waals surface area contributed by atoms with Gasteiger partial charge in [0.05, 0.1) is 29.3 Å². The molecule has 1 aromatic carbocycles. The molecule has 1 aliphatic heterocycles. The van der Waals surface area contributed by atoms with Crippen LogP contribution in [0.3, 0.4) is 0 Å². The number of nitro benzene ring substituents is 1. The molecule has 1 saturated heterocycles. The number of rotatable bonds is 3. The number of benzene rings is 1. The fraction of sp³-hybridized carbons (Fsp3) is 0.455. The van der Waals surface area contributed by atoms with Crippen LogP contribution in [-0.4, -0.2) is 42.4 Å². The summed E-state index contributed by atoms with van der Waals surface area (Å²) in [4.78, 5) is 12.0. The molecule has 1 atom stereocenters. The Kier molecular flexibility index (Phi) is 4.18. The number of halogens is 2. The van der Waals surface area contributed by atoms with Crippen molar-refractivity contribution in [2.24, 2.45) is 0 Å². The van der Waals surface area contributed by atoms with Gasteiger partial charge in [-0.3, -0.25) is 10.1 Å². The van der Waals surface area contributed by atoms with Crippen molar-refractivity contribution >= 4 is 23.0 Å². The van der Waals surface area contributed by atoms with Crippen LogP contribution in [0.5, 0.6) is 0 Å². The average Bonchev–Trinajstić information content (AvgIpc) is 2.41. The van der Waals surface area contributed by atoms with E-state index in [1.165, 1.54) is 0 Å². The molecule has 1 aromatic rings. The van der Waals surface area contributed by atoms with Gasteiger partial charge in [-0.25, -0.2) is 4.39 Å². The minimum Gasteiger partial charge on any atom is -0.394 e. The molecule has 0 amide bonds. The van der Waals surface area contributed by atoms with Gasteiger partial charge in [0, 0.05) is 25.2 Å². The van der Waals surface area contributed by atoms with Crippen molar-refractivity contribution in [3.05, 3.63) is 33.1 Å². The van der Waals surface area contributed by atoms with Crippen LogP contribution < -0.4 is 4.90 Å². The molecule has 0 aromatic heterocycles. The van der Waals surface area contributed by atoms with Crippen LogP contribution >= 0.6 is 11.6 Å². The predicted octanol–water partition coefficient (Wildman–Crippen LogP) is 1.58. The zero-order valence-electron chi connectivity index (χ0n) is 9.88. The molecule has 19 heavy (non-hydrogen) atoms. The molecule has 0 bridgehead atoms. The van der Waals surface area contributed by atoms with E-state index in [1.807, 2.05) is 0 Å². The van der Waals surface area contributed by atoms with Gasteiger partial charge in [-0.05, 0) is 0 Å². The molecule has 0 saturated carbocycles. The monoisotopic (exact) mass is 290 g/mol. The third kappa shape index (κ3) is 2.94. The highest BCUT2D eigenvalue weighted by Gasteiger charge is 2.27. The summed E-state index contributed by atoms with van der Waals surface area (Å²) < 4.78 is 18.7. The number of hydrogen-bond donors (Lipinski definition) is 1. The van der Waals surface area contributed by atoms with Crippen LogP contribution in [0.1, 0.15) is 0 Å². The Morgan fingerprint density at radius 1 is 1.63 bits per heavy atom. The van der Waals surface area contributed by atoms with E-state index in [0.29, 0.717) is 13.2 Å². The van der Waals surface area contributed by atoms with E-state index in [9.17, 15) is 14.5 Å². The maximum absolute atomic E-state index is 13.5. The fourth-order valence-electron chi connectivity index (χ4n) is 1.97. The lowest BCUT2D eigenvalue weighted by molar-refractivity contribution is -0.384. The summed E-state index contributed by atoms with van der Waals surface area (Å²) in [6.45, 7) is 0.768. The van der Waals surface area contributed by atoms with E-state index >= 15 is 0 Å². The lowest BCUT2D eigenvalue weighted by atomic mass is 10.2. The summed E-state index contributed by atoms with van der Waals surface area (Å²) >= 11 is 5.56. The van der Waals surface area contributed by atoms with Gasteiger partial charge in [0.25, 0.3) is 5.69 Å². The lowest BCUT2D eigenvalue weighted by Crippen LogP contribution is -2.44. The molecule has 104 valence electrons. The minimum absolute atomic E-state index is 0.147. The van der Waals surface area contributed by atoms with E-state index in [4.69, 9.17) is 21.4 Å². The van der Waals surface area contributed by atoms with Gasteiger partial charge in [0.15, 0.2) is 0 Å². The Morgan fingerprint density at radius 3 is 3.00 bits per heavy atom. The molecule has 0 radical (unpaired) electrons. The Balaban J connectivity index is 2.37. The van der Waals surface area contributed by atoms with E-state index in [0.717, 1.165) is 12.1 Å². The first-order valence-corrected chi connectivity index (χ1v) is 6.01. The van der Waals surface area contributed by atoms with Crippen LogP contribution in [0, 0.1) is 15.9 Å². The summed E-state index contributed by atoms with van der Waals surface area (Å²) in [5.74, 6) is -0.714. The summed E-state index contributed by atoms with van der Waals surface area (Å²) in [6, 6.07) is 2.04. The van der Waals surface area contributed by atoms with E-state index in [1.54, 1.807) is 4.90 Å². The van der Waals surface area contributed by atoms with Crippen molar-refractivity contribution in [1.82, 2.24) is 0 Å². The largest absolute Gasteiger partial charge is 0.394 e. The van der Waals surface area contributed by atoms with Crippen molar-refractivity contribution in [2.75, 3.05) is 31.2 Å². The summed E-state index contributed by atoms with van der Waals surface area (Å²) in [5, 5.41) is 19.8. The van der Waals surface area contributed by atoms with Gasteiger partial charge >= 0.3 is 0 Å². The van der Waals surface area contributed by atoms with Crippen molar-refractivity contribution in [3.63, 3.8) is 0 Å². The van der Waals surface area contributed by atoms with Crippen molar-refractivity contribution in [3.8, 4) is 0 Å². The first-order valence-electron chi connectivity index (χ1n) is 5.63. The Morgan fingerprint density at radius 2 is 2.37 bits per heavy atom. The second-order valence-corrected chi connectivity index (χ2v) is 4.54. The molecular weight excluding hydrogens is 279 g/mol. The Labute approximate surface area is 113 Å². The highest BCUT2D eigenvalue weighted by molar-refractivity contribution is 6.31. The first-order chi connectivity index (χ1) is 9.02. The molecular formula is C11H12ClFN2O4. The lowest BCUT2D eigenvalue weighted by Gasteiger charge is -2.33. The Hall–Kier alpha value is -1.44. The quantitative estimate of drug-likeness (QED) is 0.676. The molecule has 6 nitrogen and oxygen atoms in total. The SMILES string of the molecule is O=[N+]([O-])c1cc(Cl)c(F)cc1N1CCOC(CO)C1. The van der Waals surface area contributed by atoms with Crippen LogP contribution in [-0.2, 0) is 4.74 Å². The molecule has 8 heteroatoms. The molecule has 1 N–H and O–H groups in total. The van der Waals surface area contributed by atoms with Gasteiger partial charge in [0.1, 0.15) is 11.5 Å². The zero-order valence-corrected chi connectivity index (χ0v) is 10.6. The maximum Gasteiger partial charge on any atom is 0.294 e. The highest BCUT2D eigenvalue weighted by atomic mass is 35.5. The van der Waals surface area contributed by atoms with Crippen LogP contribution in [0.2, 0.25) is 5.02 Å². The first kappa shape index (κ1) is 14.0. The summed E-state index contributed by atoms with van der Waals surface area (Å²) in [6.07, 6.45) is -0.438. The third-order valence-corrected chi connectivity index (χ3v) is 3.19. The van der Waals surface area contributed by atoms with Gasteiger partial charge < -0.3 is 14.7 Å². The van der Waals surface area contributed by atoms with Crippen molar-refractivity contribution < 1.29 is 19.2 Å². The molecule has 0 aliphatic carbocycles. The number of nitrogens with zero attached hydrogens (tertiary/aromatic N) is 2. The smallest absolute Gasteiger partial charge is 0.294 e. The van der Waals surface area contributed by atoms with Crippen LogP contribution in [0.15, 0.2) is 12.1 Å². The van der Waals surface area contributed by atoms with E-state index in [-0.39, 0.29) is 29.5 Å². The standard InChI is InChI=1S/C11H12ClFN2O4/c12-8-3-11(15(17)18)10(4-9(8)13)14-1-2-19-7(5-14)6-16/h3-4,7,16H,1-2,5-6H2. The number of anilines is 1. The number of aliphatic hydroxyl groups excluding tert-OH is 1. The summed E-state index contributed by atoms with van der Waals surface area (Å²) in [5.41, 5.74) is -0.112. The van der Waals surface area contributed by atoms with E-state index < -0.39 is 16.8 Å². The second kappa shape index (κ2) is 5.68. The van der Waals surface area contributed by atoms with Gasteiger partial charge in [-0.15, -0.1) is 0 Å². The molecule has 2 rings (SSSR count). The van der Waals surface area contributed by atoms with Crippen molar-refractivity contribution in [2.45, 2.75) is 6.10 Å². The normalized spacial score (nSPS) is 19.5. The van der Waals surface area contributed by atoms with Gasteiger partial charge in [0.2, 0.25) is 0 Å². The number of ether oxygens (including phenoxy) is 1. The fourth-order valence-corrected chi connectivity index (χ4v) is 2.13. The van der Waals surface area contributed by atoms with Crippen molar-refractivity contribution in [1.29, 1.82) is 0 Å². The average molecular weight is 291 g/mol. The molecule has 1 aliphatic rings. The molecule has 1 fully saturated rings.